The minimum absolute atomic E-state index is 0.0584. The van der Waals surface area contributed by atoms with Crippen molar-refractivity contribution in [3.63, 3.8) is 0 Å². The highest BCUT2D eigenvalue weighted by Gasteiger charge is 2.09. The van der Waals surface area contributed by atoms with Gasteiger partial charge in [-0.2, -0.15) is 0 Å². The van der Waals surface area contributed by atoms with Crippen LogP contribution in [-0.4, -0.2) is 32.0 Å². The Morgan fingerprint density at radius 2 is 1.81 bits per heavy atom. The predicted octanol–water partition coefficient (Wildman–Crippen LogP) is 2.73. The molecule has 0 aromatic rings. The van der Waals surface area contributed by atoms with Crippen molar-refractivity contribution in [2.45, 2.75) is 65.1 Å². The van der Waals surface area contributed by atoms with E-state index in [9.17, 15) is 0 Å². The van der Waals surface area contributed by atoms with Crippen LogP contribution in [0.5, 0.6) is 0 Å². The van der Waals surface area contributed by atoms with Gasteiger partial charge >= 0.3 is 0 Å². The van der Waals surface area contributed by atoms with Crippen LogP contribution in [0.3, 0.4) is 0 Å². The van der Waals surface area contributed by atoms with Gasteiger partial charge in [0.05, 0.1) is 18.8 Å². The largest absolute Gasteiger partial charge is 0.376 e. The summed E-state index contributed by atoms with van der Waals surface area (Å²) >= 11 is 0. The highest BCUT2D eigenvalue weighted by atomic mass is 16.5. The Balaban J connectivity index is 3.43. The Hall–Kier alpha value is -0.120. The van der Waals surface area contributed by atoms with E-state index in [-0.39, 0.29) is 6.10 Å². The summed E-state index contributed by atoms with van der Waals surface area (Å²) < 4.78 is 11.2. The fourth-order valence-electron chi connectivity index (χ4n) is 1.63. The number of hydrogen-bond acceptors (Lipinski definition) is 3. The highest BCUT2D eigenvalue weighted by Crippen LogP contribution is 2.08. The van der Waals surface area contributed by atoms with Crippen LogP contribution in [0.15, 0.2) is 0 Å². The number of hydrogen-bond donors (Lipinski definition) is 1. The first kappa shape index (κ1) is 15.9. The van der Waals surface area contributed by atoms with Crippen LogP contribution >= 0.6 is 0 Å². The topological polar surface area (TPSA) is 44.5 Å². The zero-order valence-corrected chi connectivity index (χ0v) is 11.2. The normalized spacial score (nSPS) is 15.0. The molecule has 0 aliphatic rings. The number of rotatable bonds is 11. The molecule has 98 valence electrons. The molecule has 0 aliphatic heterocycles. The second-order valence-corrected chi connectivity index (χ2v) is 4.31. The maximum atomic E-state index is 5.72. The molecule has 0 aliphatic carbocycles. The molecule has 2 N–H and O–H groups in total. The van der Waals surface area contributed by atoms with E-state index in [0.717, 1.165) is 6.42 Å². The van der Waals surface area contributed by atoms with Gasteiger partial charge in [-0.05, 0) is 20.3 Å². The van der Waals surface area contributed by atoms with E-state index in [0.29, 0.717) is 25.9 Å². The van der Waals surface area contributed by atoms with Gasteiger partial charge in [0, 0.05) is 13.2 Å². The van der Waals surface area contributed by atoms with Crippen LogP contribution in [-0.2, 0) is 9.47 Å². The molecule has 3 heteroatoms. The van der Waals surface area contributed by atoms with Crippen LogP contribution in [0, 0.1) is 0 Å². The molecule has 0 amide bonds. The van der Waals surface area contributed by atoms with Gasteiger partial charge in [0.25, 0.3) is 0 Å². The van der Waals surface area contributed by atoms with E-state index in [4.69, 9.17) is 15.2 Å². The lowest BCUT2D eigenvalue weighted by molar-refractivity contribution is -0.0341. The molecule has 0 radical (unpaired) electrons. The van der Waals surface area contributed by atoms with Gasteiger partial charge in [0.15, 0.2) is 0 Å². The first-order valence-corrected chi connectivity index (χ1v) is 6.67. The van der Waals surface area contributed by atoms with E-state index in [1.165, 1.54) is 25.7 Å². The Bertz CT molecular complexity index is 142. The van der Waals surface area contributed by atoms with Crippen LogP contribution in [0.4, 0.5) is 0 Å². The first-order chi connectivity index (χ1) is 7.74. The molecule has 0 heterocycles. The van der Waals surface area contributed by atoms with Gasteiger partial charge < -0.3 is 15.2 Å². The molecule has 0 bridgehead atoms. The highest BCUT2D eigenvalue weighted by molar-refractivity contribution is 4.59. The maximum absolute atomic E-state index is 5.72. The van der Waals surface area contributed by atoms with Crippen molar-refractivity contribution in [3.8, 4) is 0 Å². The molecule has 0 rings (SSSR count). The Kier molecular flexibility index (Phi) is 11.3. The van der Waals surface area contributed by atoms with Crippen molar-refractivity contribution in [1.29, 1.82) is 0 Å². The molecule has 0 fully saturated rings. The van der Waals surface area contributed by atoms with Crippen molar-refractivity contribution < 1.29 is 9.47 Å². The molecule has 0 aromatic heterocycles. The summed E-state index contributed by atoms with van der Waals surface area (Å²) in [5.41, 5.74) is 5.58. The van der Waals surface area contributed by atoms with E-state index >= 15 is 0 Å². The molecule has 3 nitrogen and oxygen atoms in total. The van der Waals surface area contributed by atoms with Gasteiger partial charge in [0.2, 0.25) is 0 Å². The molecule has 0 aromatic carbocycles. The monoisotopic (exact) mass is 231 g/mol. The first-order valence-electron chi connectivity index (χ1n) is 6.67. The smallest absolute Gasteiger partial charge is 0.0930 e. The van der Waals surface area contributed by atoms with Crippen molar-refractivity contribution in [3.05, 3.63) is 0 Å². The van der Waals surface area contributed by atoms with Crippen molar-refractivity contribution >= 4 is 0 Å². The summed E-state index contributed by atoms with van der Waals surface area (Å²) in [6.07, 6.45) is 6.72. The summed E-state index contributed by atoms with van der Waals surface area (Å²) in [6.45, 7) is 8.21. The van der Waals surface area contributed by atoms with Crippen LogP contribution in [0.25, 0.3) is 0 Å². The van der Waals surface area contributed by atoms with Crippen LogP contribution in [0.1, 0.15) is 52.9 Å². The molecule has 16 heavy (non-hydrogen) atoms. The van der Waals surface area contributed by atoms with E-state index in [2.05, 4.69) is 13.8 Å². The maximum Gasteiger partial charge on any atom is 0.0930 e. The zero-order chi connectivity index (χ0) is 12.2. The molecule has 2 atom stereocenters. The van der Waals surface area contributed by atoms with Crippen molar-refractivity contribution in [2.24, 2.45) is 5.73 Å². The van der Waals surface area contributed by atoms with Gasteiger partial charge in [-0.3, -0.25) is 0 Å². The van der Waals surface area contributed by atoms with E-state index < -0.39 is 0 Å². The van der Waals surface area contributed by atoms with Crippen LogP contribution < -0.4 is 5.73 Å². The zero-order valence-electron chi connectivity index (χ0n) is 11.2. The molecule has 0 spiro atoms. The third-order valence-electron chi connectivity index (χ3n) is 2.70. The lowest BCUT2D eigenvalue weighted by Crippen LogP contribution is -2.30. The number of ether oxygens (including phenoxy) is 2. The Labute approximate surface area is 101 Å². The summed E-state index contributed by atoms with van der Waals surface area (Å²) in [7, 11) is 0. The molecular weight excluding hydrogens is 202 g/mol. The minimum atomic E-state index is 0.0584. The van der Waals surface area contributed by atoms with E-state index in [1.54, 1.807) is 0 Å². The summed E-state index contributed by atoms with van der Waals surface area (Å²) in [4.78, 5) is 0. The third kappa shape index (κ3) is 9.13. The average Bonchev–Trinajstić information content (AvgIpc) is 2.30. The second kappa shape index (κ2) is 11.4. The number of unbranched alkanes of at least 4 members (excludes halogenated alkanes) is 3. The quantitative estimate of drug-likeness (QED) is 0.556. The molecule has 0 saturated carbocycles. The standard InChI is InChI=1S/C13H29NO2/c1-4-6-7-8-9-12(3)16-11-13(10-14)15-5-2/h12-13H,4-11,14H2,1-3H3. The summed E-state index contributed by atoms with van der Waals surface area (Å²) in [5, 5.41) is 0. The summed E-state index contributed by atoms with van der Waals surface area (Å²) in [5.74, 6) is 0. The lowest BCUT2D eigenvalue weighted by Gasteiger charge is -2.18. The minimum Gasteiger partial charge on any atom is -0.376 e. The fourth-order valence-corrected chi connectivity index (χ4v) is 1.63. The SMILES string of the molecule is CCCCCCC(C)OCC(CN)OCC. The molecule has 0 saturated heterocycles. The predicted molar refractivity (Wildman–Crippen MR) is 68.6 cm³/mol. The molecular formula is C13H29NO2. The molecule has 2 unspecified atom stereocenters. The van der Waals surface area contributed by atoms with Gasteiger partial charge in [-0.1, -0.05) is 32.6 Å². The number of nitrogens with two attached hydrogens (primary N) is 1. The van der Waals surface area contributed by atoms with Crippen molar-refractivity contribution in [1.82, 2.24) is 0 Å². The van der Waals surface area contributed by atoms with Gasteiger partial charge in [-0.25, -0.2) is 0 Å². The van der Waals surface area contributed by atoms with Crippen LogP contribution in [0.2, 0.25) is 0 Å². The Morgan fingerprint density at radius 1 is 1.06 bits per heavy atom. The average molecular weight is 231 g/mol. The van der Waals surface area contributed by atoms with Gasteiger partial charge in [-0.15, -0.1) is 0 Å². The second-order valence-electron chi connectivity index (χ2n) is 4.31. The fraction of sp³-hybridized carbons (Fsp3) is 1.00. The lowest BCUT2D eigenvalue weighted by atomic mass is 10.1. The van der Waals surface area contributed by atoms with Crippen molar-refractivity contribution in [2.75, 3.05) is 19.8 Å². The summed E-state index contributed by atoms with van der Waals surface area (Å²) in [6, 6.07) is 0. The Morgan fingerprint density at radius 3 is 2.38 bits per heavy atom. The third-order valence-corrected chi connectivity index (χ3v) is 2.70. The van der Waals surface area contributed by atoms with E-state index in [1.807, 2.05) is 6.92 Å². The van der Waals surface area contributed by atoms with Gasteiger partial charge in [0.1, 0.15) is 0 Å².